The van der Waals surface area contributed by atoms with Gasteiger partial charge in [0.05, 0.1) is 25.5 Å². The summed E-state index contributed by atoms with van der Waals surface area (Å²) >= 11 is 0. The summed E-state index contributed by atoms with van der Waals surface area (Å²) in [5.41, 5.74) is -0.640. The molecule has 0 spiro atoms. The van der Waals surface area contributed by atoms with Gasteiger partial charge < -0.3 is 19.1 Å². The smallest absolute Gasteiger partial charge is 0.167 e. The molecule has 0 aromatic heterocycles. The second kappa shape index (κ2) is 7.95. The second-order valence-electron chi connectivity index (χ2n) is 4.95. The van der Waals surface area contributed by atoms with E-state index in [9.17, 15) is 0 Å². The second-order valence-corrected chi connectivity index (χ2v) is 4.95. The molecule has 1 fully saturated rings. The van der Waals surface area contributed by atoms with E-state index >= 15 is 0 Å². The number of hydrogen-bond donors (Lipinski definition) is 1. The minimum atomic E-state index is -0.640. The summed E-state index contributed by atoms with van der Waals surface area (Å²) in [5.74, 6) is 0.00702. The SMILES string of the molecule is C=CC/N=C\N(C)C1C(C=C)C(COC)(OC)C1OC=N. The summed E-state index contributed by atoms with van der Waals surface area (Å²) in [6.07, 6.45) is 5.93. The molecule has 21 heavy (non-hydrogen) atoms. The topological polar surface area (TPSA) is 67.1 Å². The molecule has 0 bridgehead atoms. The molecule has 1 aliphatic carbocycles. The van der Waals surface area contributed by atoms with Crippen molar-refractivity contribution in [3.05, 3.63) is 25.3 Å². The first-order valence-corrected chi connectivity index (χ1v) is 6.76. The Kier molecular flexibility index (Phi) is 6.58. The molecule has 1 rings (SSSR count). The molecule has 1 N–H and O–H groups in total. The van der Waals surface area contributed by atoms with Gasteiger partial charge in [0.2, 0.25) is 0 Å². The number of nitrogens with zero attached hydrogens (tertiary/aromatic N) is 2. The summed E-state index contributed by atoms with van der Waals surface area (Å²) in [6, 6.07) is -0.0206. The summed E-state index contributed by atoms with van der Waals surface area (Å²) in [6.45, 7) is 8.45. The number of rotatable bonds is 10. The van der Waals surface area contributed by atoms with Crippen LogP contribution in [0.25, 0.3) is 0 Å². The van der Waals surface area contributed by atoms with Crippen molar-refractivity contribution in [1.29, 1.82) is 5.41 Å². The van der Waals surface area contributed by atoms with Gasteiger partial charge in [-0.2, -0.15) is 0 Å². The van der Waals surface area contributed by atoms with Gasteiger partial charge in [-0.05, 0) is 0 Å². The van der Waals surface area contributed by atoms with E-state index in [-0.39, 0.29) is 18.1 Å². The van der Waals surface area contributed by atoms with E-state index in [0.717, 1.165) is 6.40 Å². The van der Waals surface area contributed by atoms with Gasteiger partial charge in [0.25, 0.3) is 0 Å². The van der Waals surface area contributed by atoms with Crippen molar-refractivity contribution in [2.45, 2.75) is 17.7 Å². The number of nitrogens with one attached hydrogen (secondary N) is 1. The van der Waals surface area contributed by atoms with Crippen molar-refractivity contribution < 1.29 is 14.2 Å². The monoisotopic (exact) mass is 295 g/mol. The average Bonchev–Trinajstić information content (AvgIpc) is 2.48. The lowest BCUT2D eigenvalue weighted by atomic mass is 9.62. The highest BCUT2D eigenvalue weighted by atomic mass is 16.6. The Morgan fingerprint density at radius 2 is 2.10 bits per heavy atom. The van der Waals surface area contributed by atoms with E-state index in [1.807, 2.05) is 18.0 Å². The van der Waals surface area contributed by atoms with Crippen molar-refractivity contribution >= 4 is 12.7 Å². The third kappa shape index (κ3) is 3.16. The molecule has 1 saturated carbocycles. The van der Waals surface area contributed by atoms with E-state index < -0.39 is 5.60 Å². The average molecular weight is 295 g/mol. The minimum Gasteiger partial charge on any atom is -0.475 e. The summed E-state index contributed by atoms with van der Waals surface area (Å²) in [4.78, 5) is 6.19. The van der Waals surface area contributed by atoms with Gasteiger partial charge >= 0.3 is 0 Å². The van der Waals surface area contributed by atoms with Crippen LogP contribution in [0.15, 0.2) is 30.3 Å². The summed E-state index contributed by atoms with van der Waals surface area (Å²) in [7, 11) is 5.16. The molecule has 0 aromatic rings. The molecule has 4 unspecified atom stereocenters. The lowest BCUT2D eigenvalue weighted by Gasteiger charge is -2.59. The highest BCUT2D eigenvalue weighted by Crippen LogP contribution is 2.46. The lowest BCUT2D eigenvalue weighted by Crippen LogP contribution is -2.76. The predicted octanol–water partition coefficient (Wildman–Crippen LogP) is 1.34. The van der Waals surface area contributed by atoms with E-state index in [1.54, 1.807) is 26.6 Å². The molecule has 0 heterocycles. The summed E-state index contributed by atoms with van der Waals surface area (Å²) in [5, 5.41) is 7.24. The van der Waals surface area contributed by atoms with E-state index in [0.29, 0.717) is 13.2 Å². The van der Waals surface area contributed by atoms with Crippen molar-refractivity contribution in [2.24, 2.45) is 10.9 Å². The highest BCUT2D eigenvalue weighted by molar-refractivity contribution is 5.57. The van der Waals surface area contributed by atoms with Crippen LogP contribution >= 0.6 is 0 Å². The van der Waals surface area contributed by atoms with Gasteiger partial charge in [-0.15, -0.1) is 13.2 Å². The van der Waals surface area contributed by atoms with Crippen LogP contribution in [-0.2, 0) is 14.2 Å². The number of aliphatic imine (C=N–C) groups is 1. The minimum absolute atomic E-state index is 0.00702. The van der Waals surface area contributed by atoms with E-state index in [1.165, 1.54) is 0 Å². The van der Waals surface area contributed by atoms with Crippen LogP contribution in [0, 0.1) is 11.3 Å². The lowest BCUT2D eigenvalue weighted by molar-refractivity contribution is -0.240. The van der Waals surface area contributed by atoms with Crippen molar-refractivity contribution in [1.82, 2.24) is 4.90 Å². The van der Waals surface area contributed by atoms with Crippen molar-refractivity contribution in [3.8, 4) is 0 Å². The van der Waals surface area contributed by atoms with Crippen molar-refractivity contribution in [2.75, 3.05) is 34.4 Å². The Labute approximate surface area is 126 Å². The van der Waals surface area contributed by atoms with Gasteiger partial charge in [0.1, 0.15) is 5.60 Å². The highest BCUT2D eigenvalue weighted by Gasteiger charge is 2.64. The Morgan fingerprint density at radius 1 is 1.38 bits per heavy atom. The summed E-state index contributed by atoms with van der Waals surface area (Å²) < 4.78 is 16.4. The first-order chi connectivity index (χ1) is 10.1. The van der Waals surface area contributed by atoms with Gasteiger partial charge in [-0.3, -0.25) is 10.4 Å². The van der Waals surface area contributed by atoms with Crippen LogP contribution < -0.4 is 0 Å². The molecule has 0 radical (unpaired) electrons. The third-order valence-corrected chi connectivity index (χ3v) is 3.91. The zero-order valence-corrected chi connectivity index (χ0v) is 13.0. The van der Waals surface area contributed by atoms with Crippen LogP contribution in [0.2, 0.25) is 0 Å². The molecule has 4 atom stereocenters. The van der Waals surface area contributed by atoms with Crippen LogP contribution in [-0.4, -0.2) is 69.8 Å². The Hall–Kier alpha value is -1.66. The quantitative estimate of drug-likeness (QED) is 0.375. The Bertz CT molecular complexity index is 400. The van der Waals surface area contributed by atoms with E-state index in [4.69, 9.17) is 19.6 Å². The molecule has 0 saturated heterocycles. The third-order valence-electron chi connectivity index (χ3n) is 3.91. The molecular formula is C15H25N3O3. The fourth-order valence-electron chi connectivity index (χ4n) is 2.95. The molecule has 1 aliphatic rings. The van der Waals surface area contributed by atoms with Crippen LogP contribution in [0.3, 0.4) is 0 Å². The molecule has 6 nitrogen and oxygen atoms in total. The zero-order valence-electron chi connectivity index (χ0n) is 13.0. The number of hydrogen-bond acceptors (Lipinski definition) is 5. The number of ether oxygens (including phenoxy) is 3. The fraction of sp³-hybridized carbons (Fsp3) is 0.600. The molecule has 0 amide bonds. The van der Waals surface area contributed by atoms with Crippen LogP contribution in [0.1, 0.15) is 0 Å². The molecular weight excluding hydrogens is 270 g/mol. The standard InChI is InChI=1S/C15H25N3O3/c1-6-8-17-11-18(3)13-12(7-2)15(20-5,9-19-4)14(13)21-10-16/h6-7,10-14,16H,1-2,8-9H2,3-5H3/b16-10?,17-11-. The molecule has 0 aromatic carbocycles. The van der Waals surface area contributed by atoms with Gasteiger partial charge in [0.15, 0.2) is 12.5 Å². The molecule has 118 valence electrons. The maximum Gasteiger partial charge on any atom is 0.167 e. The predicted molar refractivity (Wildman–Crippen MR) is 84.1 cm³/mol. The van der Waals surface area contributed by atoms with E-state index in [2.05, 4.69) is 18.2 Å². The van der Waals surface area contributed by atoms with Gasteiger partial charge in [0, 0.05) is 27.2 Å². The van der Waals surface area contributed by atoms with Crippen LogP contribution in [0.5, 0.6) is 0 Å². The Balaban J connectivity index is 2.98. The van der Waals surface area contributed by atoms with Gasteiger partial charge in [-0.25, -0.2) is 0 Å². The van der Waals surface area contributed by atoms with Crippen molar-refractivity contribution in [3.63, 3.8) is 0 Å². The maximum absolute atomic E-state index is 7.24. The first-order valence-electron chi connectivity index (χ1n) is 6.76. The molecule has 0 aliphatic heterocycles. The maximum atomic E-state index is 7.24. The largest absolute Gasteiger partial charge is 0.475 e. The molecule has 6 heteroatoms. The fourth-order valence-corrected chi connectivity index (χ4v) is 2.95. The Morgan fingerprint density at radius 3 is 2.57 bits per heavy atom. The van der Waals surface area contributed by atoms with Crippen LogP contribution in [0.4, 0.5) is 0 Å². The number of likely N-dealkylation sites (N-methyl/N-ethyl adjacent to an activating group) is 1. The zero-order chi connectivity index (χ0) is 15.9. The van der Waals surface area contributed by atoms with Gasteiger partial charge in [-0.1, -0.05) is 12.2 Å². The normalized spacial score (nSPS) is 31.5. The first kappa shape index (κ1) is 17.4. The number of methoxy groups -OCH3 is 2.